The van der Waals surface area contributed by atoms with Crippen molar-refractivity contribution < 1.29 is 4.42 Å². The number of rotatable bonds is 1. The predicted molar refractivity (Wildman–Crippen MR) is 57.1 cm³/mol. The normalized spacial score (nSPS) is 23.5. The number of hydrogen-bond acceptors (Lipinski definition) is 2. The minimum atomic E-state index is 0.617. The van der Waals surface area contributed by atoms with E-state index in [0.717, 1.165) is 17.1 Å². The van der Waals surface area contributed by atoms with E-state index >= 15 is 0 Å². The van der Waals surface area contributed by atoms with E-state index in [1.807, 2.05) is 12.1 Å². The first-order valence-corrected chi connectivity index (χ1v) is 5.58. The van der Waals surface area contributed by atoms with Gasteiger partial charge in [0, 0.05) is 18.7 Å². The van der Waals surface area contributed by atoms with Crippen LogP contribution in [0.5, 0.6) is 0 Å². The second-order valence-corrected chi connectivity index (χ2v) is 4.40. The van der Waals surface area contributed by atoms with E-state index in [4.69, 9.17) is 4.42 Å². The van der Waals surface area contributed by atoms with Gasteiger partial charge in [0.05, 0.1) is 0 Å². The summed E-state index contributed by atoms with van der Waals surface area (Å²) < 4.78 is 6.36. The largest absolute Gasteiger partial charge is 0.434 e. The van der Waals surface area contributed by atoms with Crippen LogP contribution in [0.4, 0.5) is 5.88 Å². The Labute approximate surface area is 87.0 Å². The van der Waals surface area contributed by atoms with Gasteiger partial charge in [-0.3, -0.25) is 0 Å². The van der Waals surface area contributed by atoms with Crippen LogP contribution in [0.2, 0.25) is 0 Å². The van der Waals surface area contributed by atoms with Crippen LogP contribution >= 0.6 is 15.9 Å². The highest BCUT2D eigenvalue weighted by molar-refractivity contribution is 9.10. The van der Waals surface area contributed by atoms with Gasteiger partial charge >= 0.3 is 0 Å². The molecule has 72 valence electrons. The molecule has 2 rings (SSSR count). The molecule has 1 unspecified atom stereocenters. The highest BCUT2D eigenvalue weighted by atomic mass is 79.9. The Hall–Kier alpha value is -0.440. The Balaban J connectivity index is 2.14. The fourth-order valence-corrected chi connectivity index (χ4v) is 2.18. The molecule has 0 spiro atoms. The summed E-state index contributed by atoms with van der Waals surface area (Å²) in [5.41, 5.74) is 0. The van der Waals surface area contributed by atoms with Crippen LogP contribution in [0.15, 0.2) is 21.2 Å². The Morgan fingerprint density at radius 3 is 2.92 bits per heavy atom. The van der Waals surface area contributed by atoms with Gasteiger partial charge in [-0.05, 0) is 48.2 Å². The molecule has 2 nitrogen and oxygen atoms in total. The summed E-state index contributed by atoms with van der Waals surface area (Å²) in [6.45, 7) is 3.39. The van der Waals surface area contributed by atoms with Crippen molar-refractivity contribution in [2.45, 2.75) is 32.2 Å². The van der Waals surface area contributed by atoms with Gasteiger partial charge in [-0.1, -0.05) is 0 Å². The molecule has 0 N–H and O–H groups in total. The lowest BCUT2D eigenvalue weighted by atomic mass is 10.0. The van der Waals surface area contributed by atoms with Crippen LogP contribution < -0.4 is 4.90 Å². The maximum Gasteiger partial charge on any atom is 0.197 e. The fraction of sp³-hybridized carbons (Fsp3) is 0.600. The molecule has 1 aromatic rings. The molecule has 1 aromatic heterocycles. The van der Waals surface area contributed by atoms with Crippen LogP contribution in [-0.4, -0.2) is 12.6 Å². The van der Waals surface area contributed by atoms with Crippen LogP contribution in [0.3, 0.4) is 0 Å². The van der Waals surface area contributed by atoms with Gasteiger partial charge in [-0.25, -0.2) is 0 Å². The molecule has 3 heteroatoms. The van der Waals surface area contributed by atoms with Crippen molar-refractivity contribution in [1.82, 2.24) is 0 Å². The molecular formula is C10H14BrNO. The van der Waals surface area contributed by atoms with Crippen molar-refractivity contribution in [2.24, 2.45) is 0 Å². The van der Waals surface area contributed by atoms with E-state index in [2.05, 4.69) is 27.8 Å². The lowest BCUT2D eigenvalue weighted by Gasteiger charge is -2.32. The first-order chi connectivity index (χ1) is 6.27. The standard InChI is InChI=1S/C10H14BrNO/c1-8-4-2-3-7-12(8)10-6-5-9(11)13-10/h5-6,8H,2-4,7H2,1H3. The monoisotopic (exact) mass is 243 g/mol. The van der Waals surface area contributed by atoms with Crippen LogP contribution in [0.25, 0.3) is 0 Å². The number of furan rings is 1. The summed E-state index contributed by atoms with van der Waals surface area (Å²) >= 11 is 3.33. The Morgan fingerprint density at radius 2 is 2.31 bits per heavy atom. The van der Waals surface area contributed by atoms with Crippen molar-refractivity contribution >= 4 is 21.8 Å². The van der Waals surface area contributed by atoms with E-state index in [9.17, 15) is 0 Å². The van der Waals surface area contributed by atoms with Gasteiger partial charge < -0.3 is 9.32 Å². The van der Waals surface area contributed by atoms with Gasteiger partial charge in [-0.15, -0.1) is 0 Å². The smallest absolute Gasteiger partial charge is 0.197 e. The van der Waals surface area contributed by atoms with E-state index in [-0.39, 0.29) is 0 Å². The van der Waals surface area contributed by atoms with E-state index in [1.165, 1.54) is 19.3 Å². The Bertz CT molecular complexity index is 284. The van der Waals surface area contributed by atoms with Crippen molar-refractivity contribution in [3.05, 3.63) is 16.8 Å². The second kappa shape index (κ2) is 3.74. The van der Waals surface area contributed by atoms with Crippen LogP contribution in [0.1, 0.15) is 26.2 Å². The van der Waals surface area contributed by atoms with Crippen molar-refractivity contribution in [3.63, 3.8) is 0 Å². The Morgan fingerprint density at radius 1 is 1.46 bits per heavy atom. The number of anilines is 1. The molecule has 1 aliphatic rings. The van der Waals surface area contributed by atoms with Crippen molar-refractivity contribution in [2.75, 3.05) is 11.4 Å². The SMILES string of the molecule is CC1CCCCN1c1ccc(Br)o1. The molecule has 1 saturated heterocycles. The Kier molecular flexibility index (Phi) is 2.63. The minimum Gasteiger partial charge on any atom is -0.434 e. The average molecular weight is 244 g/mol. The molecule has 1 aliphatic heterocycles. The van der Waals surface area contributed by atoms with Gasteiger partial charge in [0.25, 0.3) is 0 Å². The third-order valence-electron chi connectivity index (χ3n) is 2.65. The molecule has 0 amide bonds. The molecule has 2 heterocycles. The quantitative estimate of drug-likeness (QED) is 0.752. The molecule has 0 radical (unpaired) electrons. The summed E-state index contributed by atoms with van der Waals surface area (Å²) in [5.74, 6) is 0.999. The maximum absolute atomic E-state index is 5.54. The first kappa shape index (κ1) is 9.13. The average Bonchev–Trinajstić information content (AvgIpc) is 2.53. The summed E-state index contributed by atoms with van der Waals surface area (Å²) in [7, 11) is 0. The summed E-state index contributed by atoms with van der Waals surface area (Å²) in [5, 5.41) is 0. The highest BCUT2D eigenvalue weighted by Gasteiger charge is 2.20. The molecule has 1 atom stereocenters. The maximum atomic E-state index is 5.54. The third-order valence-corrected chi connectivity index (χ3v) is 3.07. The number of nitrogens with zero attached hydrogens (tertiary/aromatic N) is 1. The fourth-order valence-electron chi connectivity index (χ4n) is 1.88. The van der Waals surface area contributed by atoms with E-state index < -0.39 is 0 Å². The minimum absolute atomic E-state index is 0.617. The summed E-state index contributed by atoms with van der Waals surface area (Å²) in [6.07, 6.45) is 3.90. The van der Waals surface area contributed by atoms with Crippen LogP contribution in [0, 0.1) is 0 Å². The molecule has 0 bridgehead atoms. The second-order valence-electron chi connectivity index (χ2n) is 3.62. The van der Waals surface area contributed by atoms with Gasteiger partial charge in [0.15, 0.2) is 10.6 Å². The van der Waals surface area contributed by atoms with Crippen LogP contribution in [-0.2, 0) is 0 Å². The highest BCUT2D eigenvalue weighted by Crippen LogP contribution is 2.28. The van der Waals surface area contributed by atoms with E-state index in [0.29, 0.717) is 6.04 Å². The molecule has 0 aromatic carbocycles. The topological polar surface area (TPSA) is 16.4 Å². The van der Waals surface area contributed by atoms with Crippen molar-refractivity contribution in [1.29, 1.82) is 0 Å². The van der Waals surface area contributed by atoms with Gasteiger partial charge in [-0.2, -0.15) is 0 Å². The lowest BCUT2D eigenvalue weighted by Crippen LogP contribution is -2.37. The molecule has 0 aliphatic carbocycles. The van der Waals surface area contributed by atoms with Gasteiger partial charge in [0.1, 0.15) is 0 Å². The van der Waals surface area contributed by atoms with Crippen molar-refractivity contribution in [3.8, 4) is 0 Å². The number of halogens is 1. The zero-order valence-corrected chi connectivity index (χ0v) is 9.38. The zero-order chi connectivity index (χ0) is 9.26. The number of hydrogen-bond donors (Lipinski definition) is 0. The molecule has 0 saturated carbocycles. The summed E-state index contributed by atoms with van der Waals surface area (Å²) in [4.78, 5) is 2.34. The molecule has 13 heavy (non-hydrogen) atoms. The summed E-state index contributed by atoms with van der Waals surface area (Å²) in [6, 6.07) is 4.61. The third kappa shape index (κ3) is 1.90. The predicted octanol–water partition coefficient (Wildman–Crippen LogP) is 3.42. The zero-order valence-electron chi connectivity index (χ0n) is 7.79. The number of piperidine rings is 1. The van der Waals surface area contributed by atoms with Gasteiger partial charge in [0.2, 0.25) is 0 Å². The molecular weight excluding hydrogens is 230 g/mol. The molecule has 1 fully saturated rings. The first-order valence-electron chi connectivity index (χ1n) is 4.79. The van der Waals surface area contributed by atoms with E-state index in [1.54, 1.807) is 0 Å². The lowest BCUT2D eigenvalue weighted by molar-refractivity contribution is 0.435.